The third-order valence-corrected chi connectivity index (χ3v) is 3.65. The van der Waals surface area contributed by atoms with Gasteiger partial charge in [0.15, 0.2) is 0 Å². The minimum absolute atomic E-state index is 0.151. The second-order valence-corrected chi connectivity index (χ2v) is 5.80. The minimum Gasteiger partial charge on any atom is -0.344 e. The van der Waals surface area contributed by atoms with Crippen LogP contribution in [0.5, 0.6) is 0 Å². The van der Waals surface area contributed by atoms with E-state index < -0.39 is 0 Å². The number of amides is 2. The summed E-state index contributed by atoms with van der Waals surface area (Å²) >= 11 is 0. The van der Waals surface area contributed by atoms with E-state index in [1.165, 1.54) is 0 Å². The van der Waals surface area contributed by atoms with Gasteiger partial charge in [0.25, 0.3) is 11.8 Å². The van der Waals surface area contributed by atoms with E-state index in [0.29, 0.717) is 5.56 Å². The first-order valence-electron chi connectivity index (χ1n) is 7.88. The topological polar surface area (TPSA) is 58.2 Å². The predicted octanol–water partition coefficient (Wildman–Crippen LogP) is 3.59. The van der Waals surface area contributed by atoms with Crippen LogP contribution >= 0.6 is 0 Å². The van der Waals surface area contributed by atoms with Crippen molar-refractivity contribution in [3.8, 4) is 0 Å². The SMILES string of the molecule is CC(C)=C(NC(=O)c1ccccc1)C(=O)N[C@@H](C)c1ccccc1. The van der Waals surface area contributed by atoms with Gasteiger partial charge in [-0.05, 0) is 44.0 Å². The molecular formula is C20H22N2O2. The smallest absolute Gasteiger partial charge is 0.268 e. The van der Waals surface area contributed by atoms with E-state index in [9.17, 15) is 9.59 Å². The van der Waals surface area contributed by atoms with Crippen molar-refractivity contribution in [3.05, 3.63) is 83.1 Å². The van der Waals surface area contributed by atoms with Gasteiger partial charge in [-0.15, -0.1) is 0 Å². The van der Waals surface area contributed by atoms with Gasteiger partial charge in [0.2, 0.25) is 0 Å². The Morgan fingerprint density at radius 2 is 1.42 bits per heavy atom. The van der Waals surface area contributed by atoms with Gasteiger partial charge in [0, 0.05) is 5.56 Å². The lowest BCUT2D eigenvalue weighted by Crippen LogP contribution is -2.36. The van der Waals surface area contributed by atoms with Crippen LogP contribution in [-0.2, 0) is 4.79 Å². The Bertz CT molecular complexity index is 733. The fraction of sp³-hybridized carbons (Fsp3) is 0.200. The van der Waals surface area contributed by atoms with Crippen LogP contribution in [-0.4, -0.2) is 11.8 Å². The summed E-state index contributed by atoms with van der Waals surface area (Å²) in [4.78, 5) is 24.8. The Morgan fingerprint density at radius 3 is 1.96 bits per heavy atom. The van der Waals surface area contributed by atoms with Gasteiger partial charge in [-0.3, -0.25) is 9.59 Å². The van der Waals surface area contributed by atoms with Gasteiger partial charge in [0.05, 0.1) is 6.04 Å². The fourth-order valence-corrected chi connectivity index (χ4v) is 2.28. The van der Waals surface area contributed by atoms with Crippen LogP contribution in [0.1, 0.15) is 42.7 Å². The zero-order valence-electron chi connectivity index (χ0n) is 14.2. The van der Waals surface area contributed by atoms with E-state index in [-0.39, 0.29) is 23.6 Å². The number of nitrogens with one attached hydrogen (secondary N) is 2. The second kappa shape index (κ2) is 8.11. The van der Waals surface area contributed by atoms with Gasteiger partial charge in [-0.1, -0.05) is 48.5 Å². The number of benzene rings is 2. The van der Waals surface area contributed by atoms with Crippen LogP contribution in [0.3, 0.4) is 0 Å². The Hall–Kier alpha value is -2.88. The van der Waals surface area contributed by atoms with Gasteiger partial charge >= 0.3 is 0 Å². The molecule has 2 N–H and O–H groups in total. The Morgan fingerprint density at radius 1 is 0.875 bits per heavy atom. The molecule has 0 radical (unpaired) electrons. The lowest BCUT2D eigenvalue weighted by atomic mass is 10.1. The number of hydrogen-bond donors (Lipinski definition) is 2. The molecule has 124 valence electrons. The molecule has 0 heterocycles. The third kappa shape index (κ3) is 4.56. The standard InChI is InChI=1S/C20H22N2O2/c1-14(2)18(22-19(23)17-12-8-5-9-13-17)20(24)21-15(3)16-10-6-4-7-11-16/h4-13,15H,1-3H3,(H,21,24)(H,22,23)/t15-/m0/s1. The molecule has 0 aromatic heterocycles. The summed E-state index contributed by atoms with van der Waals surface area (Å²) in [5.74, 6) is -0.593. The molecule has 0 unspecified atom stereocenters. The van der Waals surface area contributed by atoms with Crippen LogP contribution in [0.15, 0.2) is 71.9 Å². The maximum atomic E-state index is 12.6. The Labute approximate surface area is 142 Å². The molecule has 2 amide bonds. The molecule has 0 saturated heterocycles. The minimum atomic E-state index is -0.297. The first kappa shape index (κ1) is 17.5. The third-order valence-electron chi connectivity index (χ3n) is 3.65. The van der Waals surface area contributed by atoms with Crippen molar-refractivity contribution < 1.29 is 9.59 Å². The van der Waals surface area contributed by atoms with Crippen LogP contribution < -0.4 is 10.6 Å². The fourth-order valence-electron chi connectivity index (χ4n) is 2.28. The van der Waals surface area contributed by atoms with Crippen LogP contribution in [0.4, 0.5) is 0 Å². The van der Waals surface area contributed by atoms with E-state index in [2.05, 4.69) is 10.6 Å². The number of rotatable bonds is 5. The summed E-state index contributed by atoms with van der Waals surface area (Å²) in [5.41, 5.74) is 2.55. The van der Waals surface area contributed by atoms with E-state index in [1.54, 1.807) is 38.1 Å². The maximum Gasteiger partial charge on any atom is 0.268 e. The van der Waals surface area contributed by atoms with Crippen molar-refractivity contribution in [3.63, 3.8) is 0 Å². The molecule has 0 fully saturated rings. The van der Waals surface area contributed by atoms with Crippen molar-refractivity contribution in [2.24, 2.45) is 0 Å². The van der Waals surface area contributed by atoms with Crippen LogP contribution in [0.2, 0.25) is 0 Å². The predicted molar refractivity (Wildman–Crippen MR) is 95.3 cm³/mol. The number of allylic oxidation sites excluding steroid dienone is 1. The first-order chi connectivity index (χ1) is 11.5. The number of hydrogen-bond acceptors (Lipinski definition) is 2. The molecule has 0 spiro atoms. The van der Waals surface area contributed by atoms with E-state index in [0.717, 1.165) is 11.1 Å². The molecule has 2 rings (SSSR count). The van der Waals surface area contributed by atoms with E-state index >= 15 is 0 Å². The molecule has 0 bridgehead atoms. The molecule has 0 aliphatic rings. The monoisotopic (exact) mass is 322 g/mol. The molecule has 4 nitrogen and oxygen atoms in total. The Kier molecular flexibility index (Phi) is 5.90. The van der Waals surface area contributed by atoms with Gasteiger partial charge in [-0.2, -0.15) is 0 Å². The summed E-state index contributed by atoms with van der Waals surface area (Å²) in [6, 6.07) is 18.4. The molecule has 0 aliphatic heterocycles. The van der Waals surface area contributed by atoms with Crippen LogP contribution in [0, 0.1) is 0 Å². The highest BCUT2D eigenvalue weighted by Crippen LogP contribution is 2.13. The highest BCUT2D eigenvalue weighted by atomic mass is 16.2. The van der Waals surface area contributed by atoms with Crippen molar-refractivity contribution in [1.29, 1.82) is 0 Å². The van der Waals surface area contributed by atoms with E-state index in [4.69, 9.17) is 0 Å². The molecule has 2 aromatic carbocycles. The van der Waals surface area contributed by atoms with Crippen molar-refractivity contribution in [2.75, 3.05) is 0 Å². The molecule has 2 aromatic rings. The molecular weight excluding hydrogens is 300 g/mol. The number of carbonyl (C=O) groups excluding carboxylic acids is 2. The summed E-state index contributed by atoms with van der Waals surface area (Å²) in [6.45, 7) is 5.51. The summed E-state index contributed by atoms with van der Waals surface area (Å²) < 4.78 is 0. The zero-order chi connectivity index (χ0) is 17.5. The van der Waals surface area contributed by atoms with Gasteiger partial charge in [-0.25, -0.2) is 0 Å². The molecule has 24 heavy (non-hydrogen) atoms. The quantitative estimate of drug-likeness (QED) is 0.827. The summed E-state index contributed by atoms with van der Waals surface area (Å²) in [7, 11) is 0. The van der Waals surface area contributed by atoms with Gasteiger partial charge < -0.3 is 10.6 Å². The average Bonchev–Trinajstić information content (AvgIpc) is 2.60. The molecule has 1 atom stereocenters. The normalized spacial score (nSPS) is 11.3. The highest BCUT2D eigenvalue weighted by Gasteiger charge is 2.18. The molecule has 0 saturated carbocycles. The Balaban J connectivity index is 2.09. The van der Waals surface area contributed by atoms with Gasteiger partial charge in [0.1, 0.15) is 5.70 Å². The lowest BCUT2D eigenvalue weighted by molar-refractivity contribution is -0.118. The maximum absolute atomic E-state index is 12.6. The lowest BCUT2D eigenvalue weighted by Gasteiger charge is -2.17. The molecule has 4 heteroatoms. The summed E-state index contributed by atoms with van der Waals surface area (Å²) in [5, 5.41) is 5.64. The zero-order valence-corrected chi connectivity index (χ0v) is 14.2. The largest absolute Gasteiger partial charge is 0.344 e. The highest BCUT2D eigenvalue weighted by molar-refractivity contribution is 6.03. The van der Waals surface area contributed by atoms with Crippen molar-refractivity contribution in [2.45, 2.75) is 26.8 Å². The average molecular weight is 322 g/mol. The number of carbonyl (C=O) groups is 2. The van der Waals surface area contributed by atoms with E-state index in [1.807, 2.05) is 43.3 Å². The summed E-state index contributed by atoms with van der Waals surface area (Å²) in [6.07, 6.45) is 0. The first-order valence-corrected chi connectivity index (χ1v) is 7.88. The van der Waals surface area contributed by atoms with Crippen molar-refractivity contribution in [1.82, 2.24) is 10.6 Å². The molecule has 0 aliphatic carbocycles. The van der Waals surface area contributed by atoms with Crippen molar-refractivity contribution >= 4 is 11.8 Å². The van der Waals surface area contributed by atoms with Crippen LogP contribution in [0.25, 0.3) is 0 Å². The second-order valence-electron chi connectivity index (χ2n) is 5.80.